The number of aliphatic hydroxyl groups excluding tert-OH is 1. The number of H-pyrrole nitrogens is 1. The van der Waals surface area contributed by atoms with Crippen molar-refractivity contribution in [2.75, 3.05) is 5.75 Å². The zero-order chi connectivity index (χ0) is 23.8. The fraction of sp³-hybridized carbons (Fsp3) is 0.680. The number of allylic oxidation sites excluding steroid dienone is 4. The molecule has 5 rings (SSSR count). The first-order valence-corrected chi connectivity index (χ1v) is 12.9. The Kier molecular flexibility index (Phi) is 5.31. The van der Waals surface area contributed by atoms with E-state index in [4.69, 9.17) is 0 Å². The zero-order valence-corrected chi connectivity index (χ0v) is 20.5. The predicted octanol–water partition coefficient (Wildman–Crippen LogP) is 3.03. The number of nitrogens with one attached hydrogen (secondary N) is 1. The van der Waals surface area contributed by atoms with Gasteiger partial charge in [0.1, 0.15) is 11.4 Å². The highest BCUT2D eigenvalue weighted by molar-refractivity contribution is 7.99. The van der Waals surface area contributed by atoms with Gasteiger partial charge in [0.2, 0.25) is 5.16 Å². The molecule has 33 heavy (non-hydrogen) atoms. The second kappa shape index (κ2) is 7.62. The molecular formula is C25H33N3O4S. The number of fused-ring (bicyclic) bond motifs is 5. The fourth-order valence-corrected chi connectivity index (χ4v) is 8.67. The maximum absolute atomic E-state index is 13.5. The molecule has 0 amide bonds. The molecule has 1 heterocycles. The number of carbonyl (C=O) groups excluding carboxylic acids is 2. The van der Waals surface area contributed by atoms with Gasteiger partial charge in [0.15, 0.2) is 11.6 Å². The van der Waals surface area contributed by atoms with Crippen molar-refractivity contribution in [1.82, 2.24) is 15.2 Å². The minimum absolute atomic E-state index is 0.0182. The number of hydrogen-bond acceptors (Lipinski definition) is 7. The van der Waals surface area contributed by atoms with Crippen molar-refractivity contribution < 1.29 is 19.8 Å². The van der Waals surface area contributed by atoms with Crippen LogP contribution in [-0.2, 0) is 9.59 Å². The van der Waals surface area contributed by atoms with Crippen LogP contribution in [0.3, 0.4) is 0 Å². The number of nitrogens with zero attached hydrogens (tertiary/aromatic N) is 2. The highest BCUT2D eigenvalue weighted by Crippen LogP contribution is 2.68. The number of ketones is 2. The summed E-state index contributed by atoms with van der Waals surface area (Å²) in [7, 11) is 0. The molecule has 0 saturated heterocycles. The Morgan fingerprint density at radius 3 is 2.82 bits per heavy atom. The van der Waals surface area contributed by atoms with E-state index in [0.717, 1.165) is 24.8 Å². The van der Waals surface area contributed by atoms with Gasteiger partial charge < -0.3 is 10.2 Å². The van der Waals surface area contributed by atoms with E-state index in [9.17, 15) is 19.8 Å². The van der Waals surface area contributed by atoms with Crippen molar-refractivity contribution in [1.29, 1.82) is 0 Å². The minimum Gasteiger partial charge on any atom is -0.393 e. The Morgan fingerprint density at radius 2 is 2.12 bits per heavy atom. The normalized spacial score (nSPS) is 44.1. The third-order valence-corrected chi connectivity index (χ3v) is 10.3. The maximum atomic E-state index is 13.5. The summed E-state index contributed by atoms with van der Waals surface area (Å²) >= 11 is 1.24. The summed E-state index contributed by atoms with van der Waals surface area (Å²) in [5.41, 5.74) is -1.46. The summed E-state index contributed by atoms with van der Waals surface area (Å²) in [5.74, 6) is 0.697. The monoisotopic (exact) mass is 471 g/mol. The first kappa shape index (κ1) is 23.0. The van der Waals surface area contributed by atoms with E-state index in [-0.39, 0.29) is 46.4 Å². The van der Waals surface area contributed by atoms with Gasteiger partial charge in [-0.3, -0.25) is 14.7 Å². The summed E-state index contributed by atoms with van der Waals surface area (Å²) in [6.45, 7) is 7.92. The highest BCUT2D eigenvalue weighted by atomic mass is 32.2. The Balaban J connectivity index is 1.45. The molecular weight excluding hydrogens is 438 g/mol. The van der Waals surface area contributed by atoms with Crippen molar-refractivity contribution in [3.8, 4) is 0 Å². The lowest BCUT2D eigenvalue weighted by atomic mass is 9.46. The number of aromatic amines is 1. The first-order valence-electron chi connectivity index (χ1n) is 11.9. The van der Waals surface area contributed by atoms with Gasteiger partial charge in [0, 0.05) is 16.7 Å². The van der Waals surface area contributed by atoms with E-state index in [1.807, 2.05) is 19.9 Å². The van der Waals surface area contributed by atoms with Crippen LogP contribution in [-0.4, -0.2) is 54.4 Å². The van der Waals surface area contributed by atoms with Gasteiger partial charge in [-0.15, -0.1) is 5.10 Å². The van der Waals surface area contributed by atoms with Gasteiger partial charge in [-0.05, 0) is 62.5 Å². The molecule has 0 aliphatic heterocycles. The molecule has 1 aromatic heterocycles. The van der Waals surface area contributed by atoms with E-state index in [1.165, 1.54) is 11.8 Å². The van der Waals surface area contributed by atoms with E-state index in [1.54, 1.807) is 19.1 Å². The Morgan fingerprint density at radius 1 is 1.36 bits per heavy atom. The molecule has 0 aromatic carbocycles. The third-order valence-electron chi connectivity index (χ3n) is 9.41. The molecule has 3 saturated carbocycles. The molecule has 4 aliphatic rings. The zero-order valence-electron chi connectivity index (χ0n) is 19.7. The number of carbonyl (C=O) groups is 2. The van der Waals surface area contributed by atoms with Crippen molar-refractivity contribution in [3.05, 3.63) is 29.6 Å². The molecule has 0 bridgehead atoms. The molecule has 3 fully saturated rings. The number of rotatable bonds is 4. The summed E-state index contributed by atoms with van der Waals surface area (Å²) < 4.78 is 0. The van der Waals surface area contributed by atoms with E-state index >= 15 is 0 Å². The topological polar surface area (TPSA) is 116 Å². The number of aromatic nitrogens is 3. The summed E-state index contributed by atoms with van der Waals surface area (Å²) in [6.07, 6.45) is 7.52. The summed E-state index contributed by atoms with van der Waals surface area (Å²) in [6, 6.07) is 0. The lowest BCUT2D eigenvalue weighted by molar-refractivity contribution is -0.179. The van der Waals surface area contributed by atoms with Gasteiger partial charge in [0.05, 0.1) is 11.9 Å². The second-order valence-corrected chi connectivity index (χ2v) is 12.0. The van der Waals surface area contributed by atoms with Crippen molar-refractivity contribution >= 4 is 23.3 Å². The third kappa shape index (κ3) is 3.17. The lowest BCUT2D eigenvalue weighted by Gasteiger charge is -2.59. The molecule has 178 valence electrons. The molecule has 7 nitrogen and oxygen atoms in total. The Labute approximate surface area is 198 Å². The van der Waals surface area contributed by atoms with Gasteiger partial charge in [-0.2, -0.15) is 0 Å². The quantitative estimate of drug-likeness (QED) is 0.578. The minimum atomic E-state index is -1.50. The Hall–Kier alpha value is -1.77. The highest BCUT2D eigenvalue weighted by Gasteiger charge is 2.70. The van der Waals surface area contributed by atoms with E-state index < -0.39 is 17.1 Å². The van der Waals surface area contributed by atoms with Crippen LogP contribution >= 0.6 is 11.8 Å². The van der Waals surface area contributed by atoms with Crippen LogP contribution in [0.4, 0.5) is 0 Å². The molecule has 0 spiro atoms. The van der Waals surface area contributed by atoms with Gasteiger partial charge in [-0.1, -0.05) is 44.2 Å². The standard InChI is InChI=1S/C25H33N3O4S/c1-13-9-18-17-6-5-15-10-16(29)7-8-23(15,3)21(17)19(30)11-24(18,4)25(13,32)20(31)12-33-22-26-14(2)27-28-22/h7-8,10,13,17-19,21,30,32H,5-6,9,11-12H2,1-4H3,(H,26,27,28)/t13-,17?,18?,19?,21?,23?,24?,25+/m1/s1. The fourth-order valence-electron chi connectivity index (χ4n) is 7.88. The van der Waals surface area contributed by atoms with Crippen LogP contribution in [0.1, 0.15) is 52.3 Å². The smallest absolute Gasteiger partial charge is 0.208 e. The maximum Gasteiger partial charge on any atom is 0.208 e. The molecule has 3 N–H and O–H groups in total. The van der Waals surface area contributed by atoms with Crippen molar-refractivity contribution in [3.63, 3.8) is 0 Å². The molecule has 0 radical (unpaired) electrons. The summed E-state index contributed by atoms with van der Waals surface area (Å²) in [5, 5.41) is 30.9. The van der Waals surface area contributed by atoms with E-state index in [2.05, 4.69) is 22.1 Å². The number of aliphatic hydroxyl groups is 2. The summed E-state index contributed by atoms with van der Waals surface area (Å²) in [4.78, 5) is 29.8. The SMILES string of the molecule is Cc1nc(SCC(=O)[C@@]2(O)[C@H](C)CC3C4CCC5=CC(=O)C=CC5(C)C4C(O)CC32C)n[nH]1. The average molecular weight is 472 g/mol. The van der Waals surface area contributed by atoms with Crippen LogP contribution in [0.25, 0.3) is 0 Å². The van der Waals surface area contributed by atoms with Crippen LogP contribution in [0.15, 0.2) is 29.0 Å². The van der Waals surface area contributed by atoms with E-state index in [0.29, 0.717) is 17.4 Å². The number of thioether (sulfide) groups is 1. The molecule has 6 unspecified atom stereocenters. The first-order chi connectivity index (χ1) is 15.5. The molecule has 1 aromatic rings. The number of aryl methyl sites for hydroxylation is 1. The molecule has 4 aliphatic carbocycles. The van der Waals surface area contributed by atoms with Crippen molar-refractivity contribution in [2.45, 2.75) is 70.2 Å². The largest absolute Gasteiger partial charge is 0.393 e. The van der Waals surface area contributed by atoms with Crippen LogP contribution < -0.4 is 0 Å². The number of hydrogen-bond donors (Lipinski definition) is 3. The molecule has 8 heteroatoms. The van der Waals surface area contributed by atoms with Gasteiger partial charge >= 0.3 is 0 Å². The molecule has 8 atom stereocenters. The lowest BCUT2D eigenvalue weighted by Crippen LogP contribution is -2.62. The second-order valence-electron chi connectivity index (χ2n) is 11.0. The van der Waals surface area contributed by atoms with Gasteiger partial charge in [-0.25, -0.2) is 4.98 Å². The number of Topliss-reactive ketones (excluding diaryl/α,β-unsaturated/α-hetero) is 1. The van der Waals surface area contributed by atoms with Crippen LogP contribution in [0.5, 0.6) is 0 Å². The van der Waals surface area contributed by atoms with Crippen molar-refractivity contribution in [2.24, 2.45) is 34.5 Å². The Bertz CT molecular complexity index is 1070. The predicted molar refractivity (Wildman–Crippen MR) is 124 cm³/mol. The van der Waals surface area contributed by atoms with Crippen LogP contribution in [0.2, 0.25) is 0 Å². The van der Waals surface area contributed by atoms with Crippen LogP contribution in [0, 0.1) is 41.4 Å². The van der Waals surface area contributed by atoms with Gasteiger partial charge in [0.25, 0.3) is 0 Å². The average Bonchev–Trinajstić information content (AvgIpc) is 3.26.